The van der Waals surface area contributed by atoms with Gasteiger partial charge in [-0.1, -0.05) is 19.1 Å². The molecule has 164 valence electrons. The molecule has 0 spiro atoms. The zero-order chi connectivity index (χ0) is 22.2. The summed E-state index contributed by atoms with van der Waals surface area (Å²) in [5.41, 5.74) is 1.65. The maximum atomic E-state index is 12.9. The van der Waals surface area contributed by atoms with Crippen LogP contribution in [0, 0.1) is 11.3 Å². The second-order valence-corrected chi connectivity index (χ2v) is 8.27. The normalized spacial score (nSPS) is 12.2. The number of nitrogens with zero attached hydrogens (tertiary/aromatic N) is 5. The summed E-state index contributed by atoms with van der Waals surface area (Å²) in [7, 11) is -1.39. The molecule has 1 aromatic carbocycles. The first-order valence-corrected chi connectivity index (χ1v) is 10.4. The Bertz CT molecular complexity index is 1340. The van der Waals surface area contributed by atoms with Gasteiger partial charge in [0.25, 0.3) is 0 Å². The monoisotopic (exact) mass is 459 g/mol. The van der Waals surface area contributed by atoms with Gasteiger partial charge in [0.05, 0.1) is 27.3 Å². The van der Waals surface area contributed by atoms with E-state index in [1.165, 1.54) is 10.6 Å². The molecule has 0 aliphatic carbocycles. The molecule has 0 aliphatic rings. The number of alkyl halides is 3. The molecular formula is C21H16F3N5O2S. The third-order valence-corrected chi connectivity index (χ3v) is 5.91. The Labute approximate surface area is 183 Å². The zero-order valence-electron chi connectivity index (χ0n) is 16.6. The van der Waals surface area contributed by atoms with Crippen molar-refractivity contribution in [3.8, 4) is 28.6 Å². The van der Waals surface area contributed by atoms with E-state index in [9.17, 15) is 17.4 Å². The Morgan fingerprint density at radius 1 is 1.12 bits per heavy atom. The summed E-state index contributed by atoms with van der Waals surface area (Å²) in [4.78, 5) is 12.5. The molecule has 0 fully saturated rings. The average molecular weight is 459 g/mol. The standard InChI is InChI=1S/C21H14F3N5OS.H2O/c1-2-31(30)17-7-15(14-5-3-13(9-25)4-6-14)10-26-20(17)16-11-29-12-27-18(21(22,23)24)8-19(29)28-16;/h3-8,10-12H,2H2,1H3;1H2. The van der Waals surface area contributed by atoms with Gasteiger partial charge in [0.1, 0.15) is 29.1 Å². The molecule has 0 saturated heterocycles. The van der Waals surface area contributed by atoms with Crippen LogP contribution in [0.3, 0.4) is 0 Å². The van der Waals surface area contributed by atoms with Gasteiger partial charge in [-0.05, 0) is 23.8 Å². The molecule has 2 N–H and O–H groups in total. The fourth-order valence-corrected chi connectivity index (χ4v) is 3.96. The largest absolute Gasteiger partial charge is 0.433 e. The van der Waals surface area contributed by atoms with E-state index in [-0.39, 0.29) is 11.1 Å². The van der Waals surface area contributed by atoms with Crippen LogP contribution in [-0.2, 0) is 17.0 Å². The topological polar surface area (TPSA) is 115 Å². The first kappa shape index (κ1) is 23.1. The molecule has 0 saturated carbocycles. The van der Waals surface area contributed by atoms with Crippen LogP contribution in [0.15, 0.2) is 60.0 Å². The van der Waals surface area contributed by atoms with Crippen molar-refractivity contribution in [3.05, 3.63) is 66.4 Å². The fourth-order valence-electron chi connectivity index (χ4n) is 3.02. The molecule has 1 atom stereocenters. The molecule has 3 heterocycles. The molecule has 0 radical (unpaired) electrons. The van der Waals surface area contributed by atoms with E-state index < -0.39 is 22.7 Å². The summed E-state index contributed by atoms with van der Waals surface area (Å²) in [6.45, 7) is 1.76. The fraction of sp³-hybridized carbons (Fsp3) is 0.143. The zero-order valence-corrected chi connectivity index (χ0v) is 17.4. The minimum atomic E-state index is -4.58. The van der Waals surface area contributed by atoms with Crippen LogP contribution in [0.25, 0.3) is 28.2 Å². The molecule has 7 nitrogen and oxygen atoms in total. The van der Waals surface area contributed by atoms with Gasteiger partial charge in [0, 0.05) is 29.8 Å². The Kier molecular flexibility index (Phi) is 6.38. The van der Waals surface area contributed by atoms with Crippen molar-refractivity contribution in [1.29, 1.82) is 5.26 Å². The average Bonchev–Trinajstić information content (AvgIpc) is 3.21. The van der Waals surface area contributed by atoms with Gasteiger partial charge < -0.3 is 5.48 Å². The van der Waals surface area contributed by atoms with Crippen LogP contribution >= 0.6 is 0 Å². The molecule has 11 heteroatoms. The third-order valence-electron chi connectivity index (χ3n) is 4.59. The van der Waals surface area contributed by atoms with E-state index in [2.05, 4.69) is 21.0 Å². The van der Waals surface area contributed by atoms with E-state index >= 15 is 0 Å². The van der Waals surface area contributed by atoms with Crippen LogP contribution in [0.5, 0.6) is 0 Å². The first-order chi connectivity index (χ1) is 14.8. The van der Waals surface area contributed by atoms with Crippen LogP contribution in [0.1, 0.15) is 18.2 Å². The number of benzene rings is 1. The SMILES string of the molecule is CCS(=O)c1cc(-c2ccc(C#N)cc2)cnc1-c1cn2cnc(C(F)(F)F)cc2n1.O. The van der Waals surface area contributed by atoms with Gasteiger partial charge in [0.2, 0.25) is 0 Å². The molecule has 0 amide bonds. The Hall–Kier alpha value is -3.62. The summed E-state index contributed by atoms with van der Waals surface area (Å²) in [5.74, 6) is 0.332. The van der Waals surface area contributed by atoms with Gasteiger partial charge >= 0.3 is 6.18 Å². The summed E-state index contributed by atoms with van der Waals surface area (Å²) in [6, 6.07) is 11.5. The minimum absolute atomic E-state index is 0. The van der Waals surface area contributed by atoms with E-state index in [0.717, 1.165) is 18.0 Å². The Balaban J connectivity index is 0.00000289. The number of nitriles is 1. The lowest BCUT2D eigenvalue weighted by Crippen LogP contribution is -2.08. The van der Waals surface area contributed by atoms with Crippen molar-refractivity contribution in [2.75, 3.05) is 5.75 Å². The maximum Gasteiger partial charge on any atom is 0.433 e. The highest BCUT2D eigenvalue weighted by Gasteiger charge is 2.33. The lowest BCUT2D eigenvalue weighted by atomic mass is 10.1. The number of hydrogen-bond donors (Lipinski definition) is 0. The van der Waals surface area contributed by atoms with Crippen LogP contribution < -0.4 is 0 Å². The molecule has 1 unspecified atom stereocenters. The van der Waals surface area contributed by atoms with Gasteiger partial charge in [0.15, 0.2) is 0 Å². The van der Waals surface area contributed by atoms with Gasteiger partial charge in [-0.25, -0.2) is 9.97 Å². The Morgan fingerprint density at radius 2 is 1.84 bits per heavy atom. The number of rotatable bonds is 4. The summed E-state index contributed by atoms with van der Waals surface area (Å²) < 4.78 is 52.9. The third kappa shape index (κ3) is 4.37. The molecule has 0 aliphatic heterocycles. The molecular weight excluding hydrogens is 443 g/mol. The molecule has 32 heavy (non-hydrogen) atoms. The van der Waals surface area contributed by atoms with E-state index in [0.29, 0.717) is 33.2 Å². The number of pyridine rings is 1. The van der Waals surface area contributed by atoms with Crippen LogP contribution in [0.4, 0.5) is 13.2 Å². The second-order valence-electron chi connectivity index (χ2n) is 6.56. The predicted octanol–water partition coefficient (Wildman–Crippen LogP) is 3.65. The number of fused-ring (bicyclic) bond motifs is 1. The highest BCUT2D eigenvalue weighted by Crippen LogP contribution is 2.31. The lowest BCUT2D eigenvalue weighted by molar-refractivity contribution is -0.141. The number of aromatic nitrogens is 4. The molecule has 3 aromatic heterocycles. The highest BCUT2D eigenvalue weighted by atomic mass is 32.2. The van der Waals surface area contributed by atoms with Crippen molar-refractivity contribution in [2.24, 2.45) is 0 Å². The van der Waals surface area contributed by atoms with Crippen LogP contribution in [0.2, 0.25) is 0 Å². The quantitative estimate of drug-likeness (QED) is 0.462. The maximum absolute atomic E-state index is 12.9. The summed E-state index contributed by atoms with van der Waals surface area (Å²) in [5, 5.41) is 8.95. The number of imidazole rings is 1. The van der Waals surface area contributed by atoms with E-state index in [1.54, 1.807) is 43.5 Å². The second kappa shape index (κ2) is 8.86. The lowest BCUT2D eigenvalue weighted by Gasteiger charge is -2.09. The van der Waals surface area contributed by atoms with Crippen molar-refractivity contribution in [2.45, 2.75) is 18.0 Å². The smallest absolute Gasteiger partial charge is 0.412 e. The van der Waals surface area contributed by atoms with Gasteiger partial charge in [-0.15, -0.1) is 0 Å². The minimum Gasteiger partial charge on any atom is -0.412 e. The number of halogens is 3. The van der Waals surface area contributed by atoms with Crippen molar-refractivity contribution >= 4 is 16.4 Å². The van der Waals surface area contributed by atoms with E-state index in [4.69, 9.17) is 5.26 Å². The molecule has 4 rings (SSSR count). The number of hydrogen-bond acceptors (Lipinski definition) is 5. The van der Waals surface area contributed by atoms with Gasteiger partial charge in [-0.3, -0.25) is 13.6 Å². The molecule has 0 bridgehead atoms. The van der Waals surface area contributed by atoms with Crippen LogP contribution in [-0.4, -0.2) is 34.8 Å². The highest BCUT2D eigenvalue weighted by molar-refractivity contribution is 7.85. The summed E-state index contributed by atoms with van der Waals surface area (Å²) in [6.07, 6.45) is -0.459. The van der Waals surface area contributed by atoms with E-state index in [1.807, 2.05) is 0 Å². The molecule has 4 aromatic rings. The predicted molar refractivity (Wildman–Crippen MR) is 112 cm³/mol. The first-order valence-electron chi connectivity index (χ1n) is 9.11. The van der Waals surface area contributed by atoms with Crippen molar-refractivity contribution < 1.29 is 22.9 Å². The Morgan fingerprint density at radius 3 is 2.47 bits per heavy atom. The van der Waals surface area contributed by atoms with Crippen molar-refractivity contribution in [1.82, 2.24) is 19.4 Å². The summed E-state index contributed by atoms with van der Waals surface area (Å²) >= 11 is 0. The van der Waals surface area contributed by atoms with Crippen molar-refractivity contribution in [3.63, 3.8) is 0 Å². The van der Waals surface area contributed by atoms with Gasteiger partial charge in [-0.2, -0.15) is 18.4 Å².